The molecule has 3 amide bonds. The highest BCUT2D eigenvalue weighted by Gasteiger charge is 2.28. The third-order valence-corrected chi connectivity index (χ3v) is 5.87. The van der Waals surface area contributed by atoms with Crippen LogP contribution in [0.4, 0.5) is 10.5 Å². The van der Waals surface area contributed by atoms with Gasteiger partial charge in [-0.1, -0.05) is 17.3 Å². The molecule has 0 aliphatic carbocycles. The Morgan fingerprint density at radius 1 is 1.03 bits per heavy atom. The van der Waals surface area contributed by atoms with E-state index in [1.165, 1.54) is 6.42 Å². The lowest BCUT2D eigenvalue weighted by atomic mass is 9.93. The Labute approximate surface area is 171 Å². The van der Waals surface area contributed by atoms with Gasteiger partial charge in [-0.05, 0) is 51.2 Å². The molecule has 1 aromatic carbocycles. The van der Waals surface area contributed by atoms with Crippen molar-refractivity contribution < 1.29 is 14.1 Å². The first-order valence-corrected chi connectivity index (χ1v) is 10.5. The van der Waals surface area contributed by atoms with E-state index in [4.69, 9.17) is 4.52 Å². The SMILES string of the molecule is Cc1cc(C2CCN(C(=O)c3ccccc3NC(=O)N3CCCCC3)CC2)on1. The summed E-state index contributed by atoms with van der Waals surface area (Å²) in [5.41, 5.74) is 2.02. The number of para-hydroxylation sites is 1. The molecular weight excluding hydrogens is 368 g/mol. The number of amides is 3. The molecule has 0 saturated carbocycles. The summed E-state index contributed by atoms with van der Waals surface area (Å²) in [6.07, 6.45) is 4.94. The molecule has 29 heavy (non-hydrogen) atoms. The topological polar surface area (TPSA) is 78.7 Å². The fourth-order valence-electron chi connectivity index (χ4n) is 4.18. The first-order chi connectivity index (χ1) is 14.1. The highest BCUT2D eigenvalue weighted by molar-refractivity contribution is 6.03. The standard InChI is InChI=1S/C22H28N4O3/c1-16-15-20(29-24-16)17-9-13-25(14-10-17)21(27)18-7-3-4-8-19(18)23-22(28)26-11-5-2-6-12-26/h3-4,7-8,15,17H,2,5-6,9-14H2,1H3,(H,23,28). The zero-order valence-electron chi connectivity index (χ0n) is 16.9. The van der Waals surface area contributed by atoms with Crippen molar-refractivity contribution in [1.82, 2.24) is 15.0 Å². The van der Waals surface area contributed by atoms with Gasteiger partial charge in [-0.15, -0.1) is 0 Å². The molecule has 0 radical (unpaired) electrons. The maximum Gasteiger partial charge on any atom is 0.321 e. The number of rotatable bonds is 3. The number of urea groups is 1. The second-order valence-corrected chi connectivity index (χ2v) is 7.96. The van der Waals surface area contributed by atoms with E-state index < -0.39 is 0 Å². The van der Waals surface area contributed by atoms with Crippen molar-refractivity contribution in [3.8, 4) is 0 Å². The lowest BCUT2D eigenvalue weighted by molar-refractivity contribution is 0.0707. The number of likely N-dealkylation sites (tertiary alicyclic amines) is 2. The lowest BCUT2D eigenvalue weighted by Crippen LogP contribution is -2.40. The number of carbonyl (C=O) groups excluding carboxylic acids is 2. The Kier molecular flexibility index (Phi) is 5.83. The molecule has 2 aliphatic rings. The van der Waals surface area contributed by atoms with Gasteiger partial charge in [0.05, 0.1) is 16.9 Å². The van der Waals surface area contributed by atoms with Crippen molar-refractivity contribution in [2.45, 2.75) is 44.9 Å². The molecule has 0 unspecified atom stereocenters. The molecule has 2 aliphatic heterocycles. The summed E-state index contributed by atoms with van der Waals surface area (Å²) in [6.45, 7) is 4.79. The van der Waals surface area contributed by atoms with Crippen molar-refractivity contribution >= 4 is 17.6 Å². The van der Waals surface area contributed by atoms with Crippen LogP contribution in [0.3, 0.4) is 0 Å². The predicted molar refractivity (Wildman–Crippen MR) is 110 cm³/mol. The zero-order chi connectivity index (χ0) is 20.2. The first-order valence-electron chi connectivity index (χ1n) is 10.5. The van der Waals surface area contributed by atoms with E-state index >= 15 is 0 Å². The van der Waals surface area contributed by atoms with Crippen LogP contribution in [0.1, 0.15) is 59.8 Å². The minimum atomic E-state index is -0.121. The Hall–Kier alpha value is -2.83. The van der Waals surface area contributed by atoms with Crippen molar-refractivity contribution in [3.63, 3.8) is 0 Å². The molecule has 2 fully saturated rings. The molecule has 2 saturated heterocycles. The summed E-state index contributed by atoms with van der Waals surface area (Å²) in [5, 5.41) is 6.93. The Balaban J connectivity index is 1.40. The number of hydrogen-bond acceptors (Lipinski definition) is 4. The number of aromatic nitrogens is 1. The second-order valence-electron chi connectivity index (χ2n) is 7.96. The monoisotopic (exact) mass is 396 g/mol. The fraction of sp³-hybridized carbons (Fsp3) is 0.500. The summed E-state index contributed by atoms with van der Waals surface area (Å²) in [5.74, 6) is 1.17. The maximum atomic E-state index is 13.2. The van der Waals surface area contributed by atoms with Crippen LogP contribution < -0.4 is 5.32 Å². The van der Waals surface area contributed by atoms with Crippen LogP contribution >= 0.6 is 0 Å². The van der Waals surface area contributed by atoms with Gasteiger partial charge in [0, 0.05) is 38.2 Å². The van der Waals surface area contributed by atoms with E-state index in [0.29, 0.717) is 30.3 Å². The van der Waals surface area contributed by atoms with E-state index in [-0.39, 0.29) is 11.9 Å². The van der Waals surface area contributed by atoms with Crippen molar-refractivity contribution in [1.29, 1.82) is 0 Å². The van der Waals surface area contributed by atoms with Crippen LogP contribution in [0, 0.1) is 6.92 Å². The van der Waals surface area contributed by atoms with Gasteiger partial charge in [0.15, 0.2) is 0 Å². The summed E-state index contributed by atoms with van der Waals surface area (Å²) >= 11 is 0. The zero-order valence-corrected chi connectivity index (χ0v) is 16.9. The summed E-state index contributed by atoms with van der Waals surface area (Å²) in [6, 6.07) is 9.14. The number of piperidine rings is 2. The average Bonchev–Trinajstić information content (AvgIpc) is 3.21. The minimum absolute atomic E-state index is 0.0354. The normalized spacial score (nSPS) is 18.0. The van der Waals surface area contributed by atoms with Gasteiger partial charge in [-0.3, -0.25) is 4.79 Å². The highest BCUT2D eigenvalue weighted by Crippen LogP contribution is 2.30. The smallest absolute Gasteiger partial charge is 0.321 e. The number of hydrogen-bond donors (Lipinski definition) is 1. The molecule has 0 bridgehead atoms. The Bertz CT molecular complexity index is 864. The van der Waals surface area contributed by atoms with Gasteiger partial charge in [-0.2, -0.15) is 0 Å². The maximum absolute atomic E-state index is 13.2. The van der Waals surface area contributed by atoms with E-state index in [1.54, 1.807) is 12.1 Å². The predicted octanol–water partition coefficient (Wildman–Crippen LogP) is 4.02. The van der Waals surface area contributed by atoms with Crippen LogP contribution in [0.2, 0.25) is 0 Å². The molecule has 1 N–H and O–H groups in total. The minimum Gasteiger partial charge on any atom is -0.361 e. The Morgan fingerprint density at radius 2 is 1.76 bits per heavy atom. The second kappa shape index (κ2) is 8.68. The number of benzene rings is 1. The average molecular weight is 396 g/mol. The molecule has 7 heteroatoms. The fourth-order valence-corrected chi connectivity index (χ4v) is 4.18. The number of anilines is 1. The van der Waals surface area contributed by atoms with Gasteiger partial charge < -0.3 is 19.6 Å². The van der Waals surface area contributed by atoms with Crippen molar-refractivity contribution in [2.24, 2.45) is 0 Å². The van der Waals surface area contributed by atoms with Crippen LogP contribution in [-0.4, -0.2) is 53.1 Å². The van der Waals surface area contributed by atoms with Gasteiger partial charge in [0.1, 0.15) is 5.76 Å². The van der Waals surface area contributed by atoms with Crippen molar-refractivity contribution in [3.05, 3.63) is 47.3 Å². The summed E-state index contributed by atoms with van der Waals surface area (Å²) in [7, 11) is 0. The van der Waals surface area contributed by atoms with Gasteiger partial charge in [0.25, 0.3) is 5.91 Å². The highest BCUT2D eigenvalue weighted by atomic mass is 16.5. The van der Waals surface area contributed by atoms with E-state index in [9.17, 15) is 9.59 Å². The van der Waals surface area contributed by atoms with Crippen LogP contribution in [0.5, 0.6) is 0 Å². The summed E-state index contributed by atoms with van der Waals surface area (Å²) in [4.78, 5) is 29.4. The molecule has 4 rings (SSSR count). The lowest BCUT2D eigenvalue weighted by Gasteiger charge is -2.31. The molecule has 2 aromatic rings. The van der Waals surface area contributed by atoms with Gasteiger partial charge in [-0.25, -0.2) is 4.79 Å². The summed E-state index contributed by atoms with van der Waals surface area (Å²) < 4.78 is 5.40. The third-order valence-electron chi connectivity index (χ3n) is 5.87. The number of carbonyl (C=O) groups is 2. The molecule has 3 heterocycles. The van der Waals surface area contributed by atoms with Gasteiger partial charge in [0.2, 0.25) is 0 Å². The molecule has 154 valence electrons. The third kappa shape index (κ3) is 4.44. The number of nitrogens with one attached hydrogen (secondary N) is 1. The van der Waals surface area contributed by atoms with Crippen LogP contribution in [-0.2, 0) is 0 Å². The van der Waals surface area contributed by atoms with E-state index in [0.717, 1.165) is 50.2 Å². The number of nitrogens with zero attached hydrogens (tertiary/aromatic N) is 3. The van der Waals surface area contributed by atoms with Crippen molar-refractivity contribution in [2.75, 3.05) is 31.5 Å². The van der Waals surface area contributed by atoms with E-state index in [1.807, 2.05) is 34.9 Å². The molecule has 1 aromatic heterocycles. The number of aryl methyl sites for hydroxylation is 1. The largest absolute Gasteiger partial charge is 0.361 e. The quantitative estimate of drug-likeness (QED) is 0.850. The molecule has 0 atom stereocenters. The molecule has 7 nitrogen and oxygen atoms in total. The van der Waals surface area contributed by atoms with Crippen LogP contribution in [0.15, 0.2) is 34.9 Å². The Morgan fingerprint density at radius 3 is 2.45 bits per heavy atom. The first kappa shape index (κ1) is 19.5. The molecule has 0 spiro atoms. The van der Waals surface area contributed by atoms with Crippen LogP contribution in [0.25, 0.3) is 0 Å². The van der Waals surface area contributed by atoms with Gasteiger partial charge >= 0.3 is 6.03 Å². The van der Waals surface area contributed by atoms with E-state index in [2.05, 4.69) is 10.5 Å². The molecular formula is C22H28N4O3.